The van der Waals surface area contributed by atoms with Crippen LogP contribution in [0.15, 0.2) is 90.0 Å². The number of nitrogens with two attached hydrogens (primary N) is 1. The zero-order valence-electron chi connectivity index (χ0n) is 16.0. The average Bonchev–Trinajstić information content (AvgIpc) is 2.76. The number of amides is 2. The second-order valence-electron chi connectivity index (χ2n) is 6.34. The number of hydrogen-bond donors (Lipinski definition) is 3. The molecule has 0 saturated heterocycles. The number of carbonyl (C=O) groups excluding carboxylic acids is 1. The molecule has 0 aromatic heterocycles. The summed E-state index contributed by atoms with van der Waals surface area (Å²) in [5.41, 5.74) is 4.45. The topological polar surface area (TPSA) is 88.7 Å². The van der Waals surface area contributed by atoms with Gasteiger partial charge in [0, 0.05) is 23.4 Å². The Labute approximate surface area is 170 Å². The molecule has 3 aromatic rings. The van der Waals surface area contributed by atoms with Gasteiger partial charge < -0.3 is 21.2 Å². The third-order valence-electron chi connectivity index (χ3n) is 4.24. The van der Waals surface area contributed by atoms with Crippen LogP contribution in [0.4, 0.5) is 10.5 Å². The molecule has 4 N–H and O–H groups in total. The van der Waals surface area contributed by atoms with Crippen LogP contribution in [0, 0.1) is 0 Å². The van der Waals surface area contributed by atoms with Crippen molar-refractivity contribution in [2.45, 2.75) is 6.61 Å². The highest BCUT2D eigenvalue weighted by atomic mass is 16.5. The van der Waals surface area contributed by atoms with Crippen molar-refractivity contribution in [3.8, 4) is 0 Å². The van der Waals surface area contributed by atoms with Gasteiger partial charge in [0.15, 0.2) is 0 Å². The lowest BCUT2D eigenvalue weighted by Crippen LogP contribution is -2.31. The molecule has 0 unspecified atom stereocenters. The standard InChI is InChI=1S/C23H24N4O2/c24-27-22(19-7-3-1-4-8-19)20-13-11-18(12-14-20)17-29-16-15-25-23(28)26-21-9-5-2-6-10-21/h1-14H,15-17,24H2,(H2,25,26,28). The Morgan fingerprint density at radius 1 is 0.862 bits per heavy atom. The molecular formula is C23H24N4O2. The van der Waals surface area contributed by atoms with Gasteiger partial charge in [0.2, 0.25) is 0 Å². The predicted molar refractivity (Wildman–Crippen MR) is 116 cm³/mol. The fraction of sp³-hybridized carbons (Fsp3) is 0.130. The van der Waals surface area contributed by atoms with E-state index in [4.69, 9.17) is 10.6 Å². The smallest absolute Gasteiger partial charge is 0.319 e. The van der Waals surface area contributed by atoms with Gasteiger partial charge in [-0.25, -0.2) is 4.79 Å². The van der Waals surface area contributed by atoms with Crippen LogP contribution in [0.5, 0.6) is 0 Å². The molecule has 3 aromatic carbocycles. The van der Waals surface area contributed by atoms with E-state index in [2.05, 4.69) is 15.7 Å². The van der Waals surface area contributed by atoms with Gasteiger partial charge in [-0.15, -0.1) is 0 Å². The number of para-hydroxylation sites is 1. The van der Waals surface area contributed by atoms with Crippen LogP contribution in [0.25, 0.3) is 0 Å². The molecule has 0 atom stereocenters. The lowest BCUT2D eigenvalue weighted by atomic mass is 10.0. The highest BCUT2D eigenvalue weighted by molar-refractivity contribution is 6.12. The number of nitrogens with one attached hydrogen (secondary N) is 2. The summed E-state index contributed by atoms with van der Waals surface area (Å²) in [6.07, 6.45) is 0. The van der Waals surface area contributed by atoms with Crippen LogP contribution in [0.1, 0.15) is 16.7 Å². The normalized spacial score (nSPS) is 11.1. The SMILES string of the molecule is NN=C(c1ccccc1)c1ccc(COCCNC(=O)Nc2ccccc2)cc1. The minimum atomic E-state index is -0.251. The molecule has 0 bridgehead atoms. The highest BCUT2D eigenvalue weighted by Gasteiger charge is 2.06. The summed E-state index contributed by atoms with van der Waals surface area (Å²) in [5.74, 6) is 5.59. The first-order chi connectivity index (χ1) is 14.3. The molecule has 0 aliphatic carbocycles. The molecule has 0 aliphatic rings. The second-order valence-corrected chi connectivity index (χ2v) is 6.34. The van der Waals surface area contributed by atoms with Gasteiger partial charge in [0.1, 0.15) is 0 Å². The summed E-state index contributed by atoms with van der Waals surface area (Å²) in [4.78, 5) is 11.8. The van der Waals surface area contributed by atoms with E-state index in [9.17, 15) is 4.79 Å². The maximum atomic E-state index is 11.8. The molecule has 2 amide bonds. The molecular weight excluding hydrogens is 364 g/mol. The number of nitrogens with zero attached hydrogens (tertiary/aromatic N) is 1. The third-order valence-corrected chi connectivity index (χ3v) is 4.24. The van der Waals surface area contributed by atoms with Gasteiger partial charge in [-0.05, 0) is 17.7 Å². The van der Waals surface area contributed by atoms with Gasteiger partial charge in [0.25, 0.3) is 0 Å². The number of carbonyl (C=O) groups is 1. The number of rotatable bonds is 8. The molecule has 6 heteroatoms. The van der Waals surface area contributed by atoms with E-state index >= 15 is 0 Å². The molecule has 0 fully saturated rings. The molecule has 6 nitrogen and oxygen atoms in total. The van der Waals surface area contributed by atoms with Crippen molar-refractivity contribution >= 4 is 17.4 Å². The van der Waals surface area contributed by atoms with E-state index in [0.29, 0.717) is 19.8 Å². The summed E-state index contributed by atoms with van der Waals surface area (Å²) in [5, 5.41) is 9.45. The first-order valence-electron chi connectivity index (χ1n) is 9.36. The number of anilines is 1. The molecule has 148 valence electrons. The van der Waals surface area contributed by atoms with Crippen molar-refractivity contribution in [3.05, 3.63) is 102 Å². The number of hydrogen-bond acceptors (Lipinski definition) is 4. The lowest BCUT2D eigenvalue weighted by Gasteiger charge is -2.09. The summed E-state index contributed by atoms with van der Waals surface area (Å²) >= 11 is 0. The zero-order chi connectivity index (χ0) is 20.3. The van der Waals surface area contributed by atoms with Crippen LogP contribution >= 0.6 is 0 Å². The highest BCUT2D eigenvalue weighted by Crippen LogP contribution is 2.12. The van der Waals surface area contributed by atoms with Crippen molar-refractivity contribution in [1.82, 2.24) is 5.32 Å². The Hall–Kier alpha value is -3.64. The molecule has 29 heavy (non-hydrogen) atoms. The Bertz CT molecular complexity index is 926. The van der Waals surface area contributed by atoms with E-state index in [1.165, 1.54) is 0 Å². The second kappa shape index (κ2) is 10.6. The molecule has 0 heterocycles. The quantitative estimate of drug-likeness (QED) is 0.238. The molecule has 3 rings (SSSR count). The molecule has 0 spiro atoms. The number of urea groups is 1. The van der Waals surface area contributed by atoms with Crippen molar-refractivity contribution in [2.75, 3.05) is 18.5 Å². The van der Waals surface area contributed by atoms with E-state index in [0.717, 1.165) is 28.1 Å². The van der Waals surface area contributed by atoms with Crippen LogP contribution in [0.2, 0.25) is 0 Å². The Balaban J connectivity index is 1.41. The van der Waals surface area contributed by atoms with Crippen molar-refractivity contribution in [2.24, 2.45) is 10.9 Å². The summed E-state index contributed by atoms with van der Waals surface area (Å²) in [6.45, 7) is 1.31. The van der Waals surface area contributed by atoms with Gasteiger partial charge >= 0.3 is 6.03 Å². The maximum absolute atomic E-state index is 11.8. The Morgan fingerprint density at radius 2 is 1.48 bits per heavy atom. The number of ether oxygens (including phenoxy) is 1. The minimum absolute atomic E-state index is 0.251. The minimum Gasteiger partial charge on any atom is -0.375 e. The van der Waals surface area contributed by atoms with Crippen LogP contribution < -0.4 is 16.5 Å². The number of benzene rings is 3. The fourth-order valence-electron chi connectivity index (χ4n) is 2.79. The average molecular weight is 388 g/mol. The van der Waals surface area contributed by atoms with Crippen molar-refractivity contribution in [1.29, 1.82) is 0 Å². The van der Waals surface area contributed by atoms with Gasteiger partial charge in [-0.3, -0.25) is 0 Å². The van der Waals surface area contributed by atoms with Crippen LogP contribution in [0.3, 0.4) is 0 Å². The fourth-order valence-corrected chi connectivity index (χ4v) is 2.79. The van der Waals surface area contributed by atoms with Crippen LogP contribution in [-0.2, 0) is 11.3 Å². The number of hydrazone groups is 1. The van der Waals surface area contributed by atoms with E-state index in [1.807, 2.05) is 84.9 Å². The van der Waals surface area contributed by atoms with Gasteiger partial charge in [0.05, 0.1) is 18.9 Å². The summed E-state index contributed by atoms with van der Waals surface area (Å²) in [7, 11) is 0. The van der Waals surface area contributed by atoms with E-state index < -0.39 is 0 Å². The van der Waals surface area contributed by atoms with Crippen molar-refractivity contribution in [3.63, 3.8) is 0 Å². The van der Waals surface area contributed by atoms with Gasteiger partial charge in [-0.2, -0.15) is 5.10 Å². The predicted octanol–water partition coefficient (Wildman–Crippen LogP) is 3.74. The summed E-state index contributed by atoms with van der Waals surface area (Å²) in [6, 6.07) is 26.8. The first kappa shape index (κ1) is 20.1. The summed E-state index contributed by atoms with van der Waals surface area (Å²) < 4.78 is 5.63. The monoisotopic (exact) mass is 388 g/mol. The van der Waals surface area contributed by atoms with Gasteiger partial charge in [-0.1, -0.05) is 72.8 Å². The Kier molecular flexibility index (Phi) is 7.37. The van der Waals surface area contributed by atoms with Crippen LogP contribution in [-0.4, -0.2) is 24.9 Å². The first-order valence-corrected chi connectivity index (χ1v) is 9.36. The maximum Gasteiger partial charge on any atom is 0.319 e. The van der Waals surface area contributed by atoms with Crippen molar-refractivity contribution < 1.29 is 9.53 Å². The third kappa shape index (κ3) is 6.19. The zero-order valence-corrected chi connectivity index (χ0v) is 16.0. The molecule has 0 saturated carbocycles. The Morgan fingerprint density at radius 3 is 2.14 bits per heavy atom. The lowest BCUT2D eigenvalue weighted by molar-refractivity contribution is 0.124. The van der Waals surface area contributed by atoms with E-state index in [-0.39, 0.29) is 6.03 Å². The molecule has 0 radical (unpaired) electrons. The molecule has 0 aliphatic heterocycles. The van der Waals surface area contributed by atoms with E-state index in [1.54, 1.807) is 0 Å². The largest absolute Gasteiger partial charge is 0.375 e.